The topological polar surface area (TPSA) is 75.4 Å². The third-order valence-corrected chi connectivity index (χ3v) is 5.10. The van der Waals surface area contributed by atoms with E-state index in [9.17, 15) is 9.59 Å². The molecule has 0 aromatic heterocycles. The van der Waals surface area contributed by atoms with Gasteiger partial charge < -0.3 is 11.1 Å². The van der Waals surface area contributed by atoms with Gasteiger partial charge in [-0.15, -0.1) is 0 Å². The zero-order valence-corrected chi connectivity index (χ0v) is 15.8. The van der Waals surface area contributed by atoms with Crippen molar-refractivity contribution in [2.45, 2.75) is 32.9 Å². The summed E-state index contributed by atoms with van der Waals surface area (Å²) < 4.78 is 0. The van der Waals surface area contributed by atoms with E-state index in [0.29, 0.717) is 17.7 Å². The van der Waals surface area contributed by atoms with E-state index in [-0.39, 0.29) is 5.91 Å². The van der Waals surface area contributed by atoms with Crippen LogP contribution >= 0.6 is 0 Å². The summed E-state index contributed by atoms with van der Waals surface area (Å²) in [6, 6.07) is 14.7. The lowest BCUT2D eigenvalue weighted by Gasteiger charge is -2.31. The number of nitrogens with two attached hydrogens (primary N) is 1. The highest BCUT2D eigenvalue weighted by Crippen LogP contribution is 2.19. The molecule has 0 saturated carbocycles. The number of amides is 2. The van der Waals surface area contributed by atoms with Crippen molar-refractivity contribution in [3.63, 3.8) is 0 Å². The van der Waals surface area contributed by atoms with Gasteiger partial charge in [-0.2, -0.15) is 0 Å². The summed E-state index contributed by atoms with van der Waals surface area (Å²) in [7, 11) is 0. The number of benzene rings is 2. The monoisotopic (exact) mass is 365 g/mol. The fraction of sp³-hybridized carbons (Fsp3) is 0.364. The lowest BCUT2D eigenvalue weighted by atomic mass is 9.99. The summed E-state index contributed by atoms with van der Waals surface area (Å²) in [6.07, 6.45) is 2.55. The van der Waals surface area contributed by atoms with Crippen molar-refractivity contribution in [2.75, 3.05) is 13.1 Å². The molecule has 0 spiro atoms. The Balaban J connectivity index is 1.65. The van der Waals surface area contributed by atoms with Crippen molar-refractivity contribution < 1.29 is 9.59 Å². The first kappa shape index (κ1) is 19.1. The quantitative estimate of drug-likeness (QED) is 0.826. The zero-order valence-electron chi connectivity index (χ0n) is 15.8. The number of hydrogen-bond acceptors (Lipinski definition) is 3. The predicted molar refractivity (Wildman–Crippen MR) is 106 cm³/mol. The Kier molecular flexibility index (Phi) is 6.24. The van der Waals surface area contributed by atoms with Crippen LogP contribution in [-0.4, -0.2) is 29.8 Å². The minimum absolute atomic E-state index is 0.209. The number of nitrogens with one attached hydrogen (secondary N) is 1. The Morgan fingerprint density at radius 3 is 2.59 bits per heavy atom. The molecule has 1 heterocycles. The molecular weight excluding hydrogens is 338 g/mol. The molecule has 2 amide bonds. The van der Waals surface area contributed by atoms with Gasteiger partial charge in [0.1, 0.15) is 0 Å². The maximum atomic E-state index is 12.5. The highest BCUT2D eigenvalue weighted by atomic mass is 16.2. The Labute approximate surface area is 160 Å². The number of nitrogens with zero attached hydrogens (tertiary/aromatic N) is 1. The lowest BCUT2D eigenvalue weighted by Crippen LogP contribution is -2.34. The van der Waals surface area contributed by atoms with Crippen molar-refractivity contribution in [1.29, 1.82) is 0 Å². The van der Waals surface area contributed by atoms with E-state index in [1.54, 1.807) is 18.2 Å². The van der Waals surface area contributed by atoms with Gasteiger partial charge in [0.2, 0.25) is 5.91 Å². The van der Waals surface area contributed by atoms with Crippen LogP contribution in [0.1, 0.15) is 51.6 Å². The molecule has 0 bridgehead atoms. The van der Waals surface area contributed by atoms with E-state index in [2.05, 4.69) is 29.3 Å². The van der Waals surface area contributed by atoms with Crippen LogP contribution in [-0.2, 0) is 13.1 Å². The van der Waals surface area contributed by atoms with Gasteiger partial charge in [-0.25, -0.2) is 0 Å². The van der Waals surface area contributed by atoms with Crippen LogP contribution in [0.3, 0.4) is 0 Å². The molecule has 1 aliphatic heterocycles. The van der Waals surface area contributed by atoms with Crippen LogP contribution in [0.5, 0.6) is 0 Å². The molecule has 1 fully saturated rings. The van der Waals surface area contributed by atoms with Crippen molar-refractivity contribution in [1.82, 2.24) is 10.2 Å². The SMILES string of the molecule is CC1CCCN(Cc2ccccc2CNC(=O)c2cccc(C(N)=O)c2)C1. The van der Waals surface area contributed by atoms with Crippen molar-refractivity contribution in [3.05, 3.63) is 70.8 Å². The molecule has 1 atom stereocenters. The fourth-order valence-electron chi connectivity index (χ4n) is 3.65. The number of primary amides is 1. The average Bonchev–Trinajstić information content (AvgIpc) is 2.67. The smallest absolute Gasteiger partial charge is 0.251 e. The van der Waals surface area contributed by atoms with Crippen LogP contribution in [0.25, 0.3) is 0 Å². The molecular formula is C22H27N3O2. The Hall–Kier alpha value is -2.66. The summed E-state index contributed by atoms with van der Waals surface area (Å²) >= 11 is 0. The van der Waals surface area contributed by atoms with E-state index in [1.165, 1.54) is 24.5 Å². The number of carbonyl (C=O) groups excluding carboxylic acids is 2. The molecule has 2 aromatic carbocycles. The number of carbonyl (C=O) groups is 2. The lowest BCUT2D eigenvalue weighted by molar-refractivity contribution is 0.0950. The largest absolute Gasteiger partial charge is 0.366 e. The van der Waals surface area contributed by atoms with Gasteiger partial charge in [-0.05, 0) is 54.6 Å². The Bertz CT molecular complexity index is 819. The highest BCUT2D eigenvalue weighted by molar-refractivity contribution is 5.99. The first-order valence-corrected chi connectivity index (χ1v) is 9.50. The van der Waals surface area contributed by atoms with E-state index in [4.69, 9.17) is 5.73 Å². The minimum Gasteiger partial charge on any atom is -0.366 e. The van der Waals surface area contributed by atoms with Crippen LogP contribution < -0.4 is 11.1 Å². The van der Waals surface area contributed by atoms with Gasteiger partial charge in [0.25, 0.3) is 5.91 Å². The summed E-state index contributed by atoms with van der Waals surface area (Å²) in [4.78, 5) is 26.3. The van der Waals surface area contributed by atoms with Crippen molar-refractivity contribution in [3.8, 4) is 0 Å². The van der Waals surface area contributed by atoms with Crippen LogP contribution in [0.2, 0.25) is 0 Å². The maximum Gasteiger partial charge on any atom is 0.251 e. The second-order valence-electron chi connectivity index (χ2n) is 7.38. The zero-order chi connectivity index (χ0) is 19.2. The van der Waals surface area contributed by atoms with Crippen LogP contribution in [0, 0.1) is 5.92 Å². The number of hydrogen-bond donors (Lipinski definition) is 2. The standard InChI is InChI=1S/C22H27N3O2/c1-16-6-5-11-25(14-16)15-20-8-3-2-7-19(20)13-24-22(27)18-10-4-9-17(12-18)21(23)26/h2-4,7-10,12,16H,5-6,11,13-15H2,1H3,(H2,23,26)(H,24,27). The average molecular weight is 365 g/mol. The Morgan fingerprint density at radius 1 is 1.11 bits per heavy atom. The van der Waals surface area contributed by atoms with E-state index < -0.39 is 5.91 Å². The molecule has 5 nitrogen and oxygen atoms in total. The summed E-state index contributed by atoms with van der Waals surface area (Å²) in [5.74, 6) is -0.00611. The fourth-order valence-corrected chi connectivity index (χ4v) is 3.65. The summed E-state index contributed by atoms with van der Waals surface area (Å²) in [5.41, 5.74) is 8.43. The normalized spacial score (nSPS) is 17.4. The van der Waals surface area contributed by atoms with E-state index >= 15 is 0 Å². The number of rotatable bonds is 6. The molecule has 3 rings (SSSR count). The second kappa shape index (κ2) is 8.82. The molecule has 0 radical (unpaired) electrons. The highest BCUT2D eigenvalue weighted by Gasteiger charge is 2.17. The van der Waals surface area contributed by atoms with Gasteiger partial charge in [0, 0.05) is 30.8 Å². The van der Waals surface area contributed by atoms with Crippen LogP contribution in [0.4, 0.5) is 0 Å². The molecule has 0 aliphatic carbocycles. The molecule has 2 aromatic rings. The first-order chi connectivity index (χ1) is 13.0. The van der Waals surface area contributed by atoms with Gasteiger partial charge in [-0.3, -0.25) is 14.5 Å². The van der Waals surface area contributed by atoms with Gasteiger partial charge in [0.15, 0.2) is 0 Å². The van der Waals surface area contributed by atoms with Crippen molar-refractivity contribution >= 4 is 11.8 Å². The maximum absolute atomic E-state index is 12.5. The first-order valence-electron chi connectivity index (χ1n) is 9.50. The molecule has 1 saturated heterocycles. The second-order valence-corrected chi connectivity index (χ2v) is 7.38. The molecule has 1 aliphatic rings. The molecule has 142 valence electrons. The molecule has 27 heavy (non-hydrogen) atoms. The number of likely N-dealkylation sites (tertiary alicyclic amines) is 1. The number of piperidine rings is 1. The molecule has 5 heteroatoms. The van der Waals surface area contributed by atoms with Gasteiger partial charge in [0.05, 0.1) is 0 Å². The predicted octanol–water partition coefficient (Wildman–Crippen LogP) is 2.95. The minimum atomic E-state index is -0.536. The third kappa shape index (κ3) is 5.17. The summed E-state index contributed by atoms with van der Waals surface area (Å²) in [6.45, 7) is 5.93. The van der Waals surface area contributed by atoms with Gasteiger partial charge in [-0.1, -0.05) is 37.3 Å². The van der Waals surface area contributed by atoms with Gasteiger partial charge >= 0.3 is 0 Å². The van der Waals surface area contributed by atoms with Crippen molar-refractivity contribution in [2.24, 2.45) is 11.7 Å². The molecule has 1 unspecified atom stereocenters. The third-order valence-electron chi connectivity index (χ3n) is 5.10. The van der Waals surface area contributed by atoms with Crippen LogP contribution in [0.15, 0.2) is 48.5 Å². The Morgan fingerprint density at radius 2 is 1.85 bits per heavy atom. The summed E-state index contributed by atoms with van der Waals surface area (Å²) in [5, 5.41) is 2.96. The van der Waals surface area contributed by atoms with E-state index in [1.807, 2.05) is 12.1 Å². The molecule has 3 N–H and O–H groups in total. The van der Waals surface area contributed by atoms with E-state index in [0.717, 1.165) is 31.1 Å².